The minimum absolute atomic E-state index is 0.484. The second kappa shape index (κ2) is 7.26. The van der Waals surface area contributed by atoms with Crippen molar-refractivity contribution in [2.75, 3.05) is 13.1 Å². The van der Waals surface area contributed by atoms with Gasteiger partial charge in [-0.05, 0) is 0 Å². The summed E-state index contributed by atoms with van der Waals surface area (Å²) in [5, 5.41) is 20.5. The molecule has 1 aromatic rings. The Balaban J connectivity index is 0.000000487. The van der Waals surface area contributed by atoms with Gasteiger partial charge < -0.3 is 11.5 Å². The summed E-state index contributed by atoms with van der Waals surface area (Å²) in [7, 11) is 0. The highest BCUT2D eigenvalue weighted by atomic mass is 16.6. The summed E-state index contributed by atoms with van der Waals surface area (Å²) in [5.41, 5.74) is 8.84. The number of nitrogens with zero attached hydrogens (tertiary/aromatic N) is 2. The molecule has 4 N–H and O–H groups in total. The van der Waals surface area contributed by atoms with Crippen LogP contribution < -0.4 is 11.5 Å². The maximum Gasteiger partial charge on any atom is 0.346 e. The topological polar surface area (TPSA) is 138 Å². The van der Waals surface area contributed by atoms with Gasteiger partial charge in [0, 0.05) is 25.2 Å². The van der Waals surface area contributed by atoms with E-state index in [2.05, 4.69) is 0 Å². The SMILES string of the molecule is NCCN.O=[N+]([O-])c1ccccc1[N+](=O)[O-]. The Kier molecular flexibility index (Phi) is 6.33. The lowest BCUT2D eigenvalue weighted by Gasteiger charge is -1.91. The first-order chi connectivity index (χ1) is 7.54. The predicted octanol–water partition coefficient (Wildman–Crippen LogP) is 0.407. The molecule has 0 bridgehead atoms. The van der Waals surface area contributed by atoms with Gasteiger partial charge >= 0.3 is 11.4 Å². The van der Waals surface area contributed by atoms with Crippen LogP contribution in [0.15, 0.2) is 24.3 Å². The summed E-state index contributed by atoms with van der Waals surface area (Å²) in [5.74, 6) is 0. The number of nitrogens with two attached hydrogens (primary N) is 2. The Morgan fingerprint density at radius 3 is 1.44 bits per heavy atom. The van der Waals surface area contributed by atoms with Crippen LogP contribution in [0.1, 0.15) is 0 Å². The van der Waals surface area contributed by atoms with Gasteiger partial charge in [-0.1, -0.05) is 12.1 Å². The fourth-order valence-corrected chi connectivity index (χ4v) is 0.773. The van der Waals surface area contributed by atoms with Crippen molar-refractivity contribution >= 4 is 11.4 Å². The van der Waals surface area contributed by atoms with E-state index in [9.17, 15) is 20.2 Å². The van der Waals surface area contributed by atoms with Gasteiger partial charge in [-0.25, -0.2) is 0 Å². The molecular weight excluding hydrogens is 216 g/mol. The van der Waals surface area contributed by atoms with Crippen molar-refractivity contribution in [3.05, 3.63) is 44.5 Å². The average molecular weight is 228 g/mol. The molecule has 0 atom stereocenters. The molecule has 0 spiro atoms. The Morgan fingerprint density at radius 2 is 1.25 bits per heavy atom. The molecular formula is C8H12N4O4. The standard InChI is InChI=1S/C6H4N2O4.C2H8N2/c9-7(10)5-3-1-2-4-6(5)8(11)12;3-1-2-4/h1-4H;1-4H2. The number of rotatable bonds is 3. The molecule has 16 heavy (non-hydrogen) atoms. The van der Waals surface area contributed by atoms with Gasteiger partial charge in [0.1, 0.15) is 0 Å². The minimum Gasteiger partial charge on any atom is -0.329 e. The van der Waals surface area contributed by atoms with E-state index < -0.39 is 21.2 Å². The number of hydrogen-bond acceptors (Lipinski definition) is 6. The van der Waals surface area contributed by atoms with Gasteiger partial charge in [-0.2, -0.15) is 0 Å². The Bertz CT molecular complexity index is 334. The molecule has 0 amide bonds. The van der Waals surface area contributed by atoms with E-state index in [4.69, 9.17) is 11.5 Å². The molecule has 0 aliphatic heterocycles. The summed E-state index contributed by atoms with van der Waals surface area (Å²) in [6.45, 7) is 1.19. The van der Waals surface area contributed by atoms with Gasteiger partial charge in [-0.15, -0.1) is 0 Å². The van der Waals surface area contributed by atoms with Gasteiger partial charge in [0.05, 0.1) is 9.85 Å². The van der Waals surface area contributed by atoms with E-state index in [1.807, 2.05) is 0 Å². The van der Waals surface area contributed by atoms with Crippen LogP contribution in [-0.2, 0) is 0 Å². The highest BCUT2D eigenvalue weighted by Crippen LogP contribution is 2.24. The van der Waals surface area contributed by atoms with Crippen molar-refractivity contribution in [3.63, 3.8) is 0 Å². The molecule has 88 valence electrons. The van der Waals surface area contributed by atoms with Crippen LogP contribution in [0, 0.1) is 20.2 Å². The number of hydrogen-bond donors (Lipinski definition) is 2. The van der Waals surface area contributed by atoms with Crippen molar-refractivity contribution in [2.45, 2.75) is 0 Å². The molecule has 0 radical (unpaired) electrons. The molecule has 0 unspecified atom stereocenters. The first-order valence-corrected chi connectivity index (χ1v) is 4.32. The first kappa shape index (κ1) is 13.9. The lowest BCUT2D eigenvalue weighted by molar-refractivity contribution is -0.422. The van der Waals surface area contributed by atoms with Crippen LogP contribution in [0.5, 0.6) is 0 Å². The van der Waals surface area contributed by atoms with E-state index in [1.54, 1.807) is 0 Å². The van der Waals surface area contributed by atoms with E-state index in [1.165, 1.54) is 12.1 Å². The summed E-state index contributed by atoms with van der Waals surface area (Å²) in [6.07, 6.45) is 0. The van der Waals surface area contributed by atoms with E-state index >= 15 is 0 Å². The number of benzene rings is 1. The average Bonchev–Trinajstić information content (AvgIpc) is 2.29. The van der Waals surface area contributed by atoms with E-state index in [0.717, 1.165) is 12.1 Å². The molecule has 8 heteroatoms. The second-order valence-corrected chi connectivity index (χ2v) is 2.58. The third-order valence-corrected chi connectivity index (χ3v) is 1.44. The van der Waals surface area contributed by atoms with Crippen LogP contribution in [0.2, 0.25) is 0 Å². The van der Waals surface area contributed by atoms with Crippen molar-refractivity contribution < 1.29 is 9.85 Å². The zero-order valence-electron chi connectivity index (χ0n) is 8.41. The summed E-state index contributed by atoms with van der Waals surface area (Å²) >= 11 is 0. The first-order valence-electron chi connectivity index (χ1n) is 4.32. The molecule has 0 aromatic heterocycles. The van der Waals surface area contributed by atoms with Crippen molar-refractivity contribution in [3.8, 4) is 0 Å². The summed E-state index contributed by atoms with van der Waals surface area (Å²) in [4.78, 5) is 18.9. The van der Waals surface area contributed by atoms with Crippen LogP contribution in [0.4, 0.5) is 11.4 Å². The van der Waals surface area contributed by atoms with Crippen molar-refractivity contribution in [1.29, 1.82) is 0 Å². The second-order valence-electron chi connectivity index (χ2n) is 2.58. The molecule has 0 heterocycles. The normalized spacial score (nSPS) is 8.88. The highest BCUT2D eigenvalue weighted by Gasteiger charge is 2.21. The van der Waals surface area contributed by atoms with Gasteiger partial charge in [0.25, 0.3) is 0 Å². The number of nitro groups is 2. The fraction of sp³-hybridized carbons (Fsp3) is 0.250. The quantitative estimate of drug-likeness (QED) is 0.567. The van der Waals surface area contributed by atoms with E-state index in [-0.39, 0.29) is 0 Å². The van der Waals surface area contributed by atoms with Crippen LogP contribution >= 0.6 is 0 Å². The third-order valence-electron chi connectivity index (χ3n) is 1.44. The lowest BCUT2D eigenvalue weighted by Crippen LogP contribution is -2.11. The molecule has 1 aromatic carbocycles. The molecule has 0 aliphatic carbocycles. The van der Waals surface area contributed by atoms with Crippen molar-refractivity contribution in [2.24, 2.45) is 11.5 Å². The van der Waals surface area contributed by atoms with Crippen molar-refractivity contribution in [1.82, 2.24) is 0 Å². The smallest absolute Gasteiger partial charge is 0.329 e. The minimum atomic E-state index is -0.780. The van der Waals surface area contributed by atoms with Gasteiger partial charge in [0.2, 0.25) is 0 Å². The third kappa shape index (κ3) is 4.44. The molecule has 0 saturated heterocycles. The molecule has 1 rings (SSSR count). The molecule has 0 aliphatic rings. The Hall–Kier alpha value is -2.06. The monoisotopic (exact) mass is 228 g/mol. The fourth-order valence-electron chi connectivity index (χ4n) is 0.773. The van der Waals surface area contributed by atoms with Crippen LogP contribution in [0.25, 0.3) is 0 Å². The maximum atomic E-state index is 10.2. The predicted molar refractivity (Wildman–Crippen MR) is 57.9 cm³/mol. The zero-order valence-corrected chi connectivity index (χ0v) is 8.41. The highest BCUT2D eigenvalue weighted by molar-refractivity contribution is 5.51. The Morgan fingerprint density at radius 1 is 0.938 bits per heavy atom. The molecule has 0 fully saturated rings. The lowest BCUT2D eigenvalue weighted by atomic mass is 10.3. The Labute approximate surface area is 91.2 Å². The van der Waals surface area contributed by atoms with E-state index in [0.29, 0.717) is 13.1 Å². The zero-order chi connectivity index (χ0) is 12.6. The van der Waals surface area contributed by atoms with Crippen LogP contribution in [0.3, 0.4) is 0 Å². The molecule has 0 saturated carbocycles. The number of para-hydroxylation sites is 2. The summed E-state index contributed by atoms with van der Waals surface area (Å²) < 4.78 is 0. The maximum absolute atomic E-state index is 10.2. The van der Waals surface area contributed by atoms with Crippen LogP contribution in [-0.4, -0.2) is 22.9 Å². The number of nitro benzene ring substituents is 2. The summed E-state index contributed by atoms with van der Waals surface area (Å²) in [6, 6.07) is 4.95. The van der Waals surface area contributed by atoms with Gasteiger partial charge in [0.15, 0.2) is 0 Å². The largest absolute Gasteiger partial charge is 0.346 e. The van der Waals surface area contributed by atoms with Gasteiger partial charge in [-0.3, -0.25) is 20.2 Å². The molecule has 8 nitrogen and oxygen atoms in total.